The minimum absolute atomic E-state index is 0.0567. The number of para-hydroxylation sites is 1. The fourth-order valence-corrected chi connectivity index (χ4v) is 2.34. The average molecular weight is 301 g/mol. The van der Waals surface area contributed by atoms with E-state index >= 15 is 0 Å². The molecule has 100 valence electrons. The lowest BCUT2D eigenvalue weighted by Crippen LogP contribution is -1.97. The normalized spacial score (nSPS) is 10.6. The minimum Gasteiger partial charge on any atom is -0.495 e. The zero-order valence-corrected chi connectivity index (χ0v) is 11.6. The first-order valence-corrected chi connectivity index (χ1v) is 6.26. The van der Waals surface area contributed by atoms with E-state index in [0.717, 1.165) is 0 Å². The van der Waals surface area contributed by atoms with Crippen molar-refractivity contribution in [2.75, 3.05) is 7.11 Å². The molecule has 0 aliphatic heterocycles. The van der Waals surface area contributed by atoms with Gasteiger partial charge in [-0.3, -0.25) is 0 Å². The van der Waals surface area contributed by atoms with E-state index in [-0.39, 0.29) is 16.1 Å². The van der Waals surface area contributed by atoms with Crippen LogP contribution >= 0.6 is 23.2 Å². The summed E-state index contributed by atoms with van der Waals surface area (Å²) in [6, 6.07) is 8.12. The van der Waals surface area contributed by atoms with Crippen LogP contribution in [0, 0.1) is 5.82 Å². The number of halogens is 3. The van der Waals surface area contributed by atoms with Gasteiger partial charge < -0.3 is 9.84 Å². The van der Waals surface area contributed by atoms with E-state index in [9.17, 15) is 4.39 Å². The Morgan fingerprint density at radius 2 is 1.84 bits per heavy atom. The number of rotatable bonds is 3. The van der Waals surface area contributed by atoms with Crippen molar-refractivity contribution >= 4 is 23.2 Å². The molecular weight excluding hydrogens is 290 g/mol. The summed E-state index contributed by atoms with van der Waals surface area (Å²) in [6.45, 7) is -0.471. The van der Waals surface area contributed by atoms with Gasteiger partial charge in [-0.15, -0.1) is 0 Å². The summed E-state index contributed by atoms with van der Waals surface area (Å²) in [5.74, 6) is -0.190. The predicted molar refractivity (Wildman–Crippen MR) is 74.3 cm³/mol. The summed E-state index contributed by atoms with van der Waals surface area (Å²) in [4.78, 5) is 0. The van der Waals surface area contributed by atoms with Crippen LogP contribution in [-0.4, -0.2) is 12.2 Å². The van der Waals surface area contributed by atoms with Gasteiger partial charge in [0.15, 0.2) is 0 Å². The molecule has 5 heteroatoms. The quantitative estimate of drug-likeness (QED) is 0.916. The van der Waals surface area contributed by atoms with E-state index in [2.05, 4.69) is 0 Å². The first kappa shape index (κ1) is 14.1. The van der Waals surface area contributed by atoms with E-state index < -0.39 is 12.4 Å². The van der Waals surface area contributed by atoms with Gasteiger partial charge in [0.25, 0.3) is 0 Å². The molecule has 0 aromatic heterocycles. The zero-order valence-electron chi connectivity index (χ0n) is 10.1. The molecule has 0 atom stereocenters. The van der Waals surface area contributed by atoms with Crippen molar-refractivity contribution in [2.45, 2.75) is 6.61 Å². The Morgan fingerprint density at radius 1 is 1.11 bits per heavy atom. The zero-order chi connectivity index (χ0) is 14.0. The second-order valence-electron chi connectivity index (χ2n) is 3.87. The number of aliphatic hydroxyl groups is 1. The molecule has 2 rings (SSSR count). The second-order valence-corrected chi connectivity index (χ2v) is 4.68. The maximum Gasteiger partial charge on any atom is 0.145 e. The number of aliphatic hydroxyl groups excluding tert-OH is 1. The fraction of sp³-hybridized carbons (Fsp3) is 0.143. The number of hydrogen-bond acceptors (Lipinski definition) is 2. The fourth-order valence-electron chi connectivity index (χ4n) is 1.88. The summed E-state index contributed by atoms with van der Waals surface area (Å²) in [5, 5.41) is 9.74. The number of benzene rings is 2. The topological polar surface area (TPSA) is 29.5 Å². The molecule has 2 nitrogen and oxygen atoms in total. The molecular formula is C14H11Cl2FO2. The Hall–Kier alpha value is -1.29. The van der Waals surface area contributed by atoms with Crippen LogP contribution in [0.2, 0.25) is 10.0 Å². The van der Waals surface area contributed by atoms with Gasteiger partial charge in [-0.2, -0.15) is 0 Å². The summed E-state index contributed by atoms with van der Waals surface area (Å²) in [5.41, 5.74) is 0.855. The lowest BCUT2D eigenvalue weighted by Gasteiger charge is -2.13. The summed E-state index contributed by atoms with van der Waals surface area (Å²) in [7, 11) is 1.46. The van der Waals surface area contributed by atoms with Crippen molar-refractivity contribution in [3.63, 3.8) is 0 Å². The largest absolute Gasteiger partial charge is 0.495 e. The lowest BCUT2D eigenvalue weighted by molar-refractivity contribution is 0.276. The van der Waals surface area contributed by atoms with Crippen LogP contribution in [0.1, 0.15) is 5.56 Å². The van der Waals surface area contributed by atoms with Crippen LogP contribution < -0.4 is 4.74 Å². The van der Waals surface area contributed by atoms with Crippen molar-refractivity contribution < 1.29 is 14.2 Å². The number of hydrogen-bond donors (Lipinski definition) is 1. The van der Waals surface area contributed by atoms with E-state index in [1.165, 1.54) is 19.2 Å². The van der Waals surface area contributed by atoms with Gasteiger partial charge in [-0.05, 0) is 18.2 Å². The van der Waals surface area contributed by atoms with Gasteiger partial charge in [0.05, 0.1) is 18.7 Å². The Bertz CT molecular complexity index is 615. The lowest BCUT2D eigenvalue weighted by atomic mass is 10.0. The maximum absolute atomic E-state index is 14.3. The van der Waals surface area contributed by atoms with Crippen molar-refractivity contribution in [1.29, 1.82) is 0 Å². The number of ether oxygens (including phenoxy) is 1. The van der Waals surface area contributed by atoms with Gasteiger partial charge in [-0.25, -0.2) is 4.39 Å². The first-order chi connectivity index (χ1) is 9.10. The van der Waals surface area contributed by atoms with E-state index in [1.807, 2.05) is 0 Å². The molecule has 19 heavy (non-hydrogen) atoms. The van der Waals surface area contributed by atoms with Gasteiger partial charge in [0.2, 0.25) is 0 Å². The van der Waals surface area contributed by atoms with Crippen LogP contribution in [0.15, 0.2) is 30.3 Å². The van der Waals surface area contributed by atoms with Crippen molar-refractivity contribution in [3.8, 4) is 16.9 Å². The molecule has 2 aromatic carbocycles. The van der Waals surface area contributed by atoms with E-state index in [4.69, 9.17) is 33.0 Å². The van der Waals surface area contributed by atoms with E-state index in [0.29, 0.717) is 16.3 Å². The van der Waals surface area contributed by atoms with Crippen molar-refractivity contribution in [2.24, 2.45) is 0 Å². The Kier molecular flexibility index (Phi) is 4.30. The first-order valence-electron chi connectivity index (χ1n) is 5.50. The molecule has 0 heterocycles. The van der Waals surface area contributed by atoms with Gasteiger partial charge in [0, 0.05) is 21.7 Å². The third-order valence-corrected chi connectivity index (χ3v) is 3.46. The van der Waals surface area contributed by atoms with Crippen LogP contribution in [-0.2, 0) is 6.61 Å². The van der Waals surface area contributed by atoms with Crippen molar-refractivity contribution in [1.82, 2.24) is 0 Å². The molecule has 0 fully saturated rings. The molecule has 0 spiro atoms. The molecule has 0 saturated carbocycles. The number of methoxy groups -OCH3 is 1. The van der Waals surface area contributed by atoms with Crippen LogP contribution in [0.4, 0.5) is 4.39 Å². The standard InChI is InChI=1S/C14H11Cl2FO2/c1-19-14-9(3-2-4-12(14)16)8-5-6-11(15)10(7-18)13(8)17/h2-6,18H,7H2,1H3. The Morgan fingerprint density at radius 3 is 2.47 bits per heavy atom. The smallest absolute Gasteiger partial charge is 0.145 e. The predicted octanol–water partition coefficient (Wildman–Crippen LogP) is 4.30. The molecule has 0 saturated heterocycles. The SMILES string of the molecule is COc1c(Cl)cccc1-c1ccc(Cl)c(CO)c1F. The monoisotopic (exact) mass is 300 g/mol. The molecule has 0 amide bonds. The van der Waals surface area contributed by atoms with Gasteiger partial charge in [-0.1, -0.05) is 35.3 Å². The molecule has 0 radical (unpaired) electrons. The molecule has 0 bridgehead atoms. The Labute approximate surface area is 120 Å². The highest BCUT2D eigenvalue weighted by atomic mass is 35.5. The van der Waals surface area contributed by atoms with E-state index in [1.54, 1.807) is 18.2 Å². The second kappa shape index (κ2) is 5.78. The minimum atomic E-state index is -0.574. The van der Waals surface area contributed by atoms with Gasteiger partial charge in [0.1, 0.15) is 11.6 Å². The van der Waals surface area contributed by atoms with Crippen LogP contribution in [0.25, 0.3) is 11.1 Å². The molecule has 0 aliphatic carbocycles. The summed E-state index contributed by atoms with van der Waals surface area (Å²) >= 11 is 11.9. The van der Waals surface area contributed by atoms with Crippen LogP contribution in [0.5, 0.6) is 5.75 Å². The highest BCUT2D eigenvalue weighted by molar-refractivity contribution is 6.32. The molecule has 2 aromatic rings. The summed E-state index contributed by atoms with van der Waals surface area (Å²) < 4.78 is 19.5. The third-order valence-electron chi connectivity index (χ3n) is 2.81. The molecule has 0 aliphatic rings. The molecule has 1 N–H and O–H groups in total. The maximum atomic E-state index is 14.3. The molecule has 0 unspecified atom stereocenters. The third kappa shape index (κ3) is 2.54. The Balaban J connectivity index is 2.70. The highest BCUT2D eigenvalue weighted by Crippen LogP contribution is 2.38. The van der Waals surface area contributed by atoms with Crippen LogP contribution in [0.3, 0.4) is 0 Å². The summed E-state index contributed by atoms with van der Waals surface area (Å²) in [6.07, 6.45) is 0. The van der Waals surface area contributed by atoms with Crippen molar-refractivity contribution in [3.05, 3.63) is 51.8 Å². The highest BCUT2D eigenvalue weighted by Gasteiger charge is 2.17. The van der Waals surface area contributed by atoms with Gasteiger partial charge >= 0.3 is 0 Å². The average Bonchev–Trinajstić information content (AvgIpc) is 2.39.